The van der Waals surface area contributed by atoms with Crippen molar-refractivity contribution in [3.63, 3.8) is 0 Å². The van der Waals surface area contributed by atoms with Crippen molar-refractivity contribution in [3.05, 3.63) is 29.2 Å². The van der Waals surface area contributed by atoms with Crippen LogP contribution in [0.25, 0.3) is 10.8 Å². The minimum Gasteiger partial charge on any atom is -0.419 e. The molecule has 0 aromatic carbocycles. The molecule has 21 heavy (non-hydrogen) atoms. The summed E-state index contributed by atoms with van der Waals surface area (Å²) in [5, 5.41) is 18.0. The Balaban J connectivity index is 1.71. The fraction of sp³-hybridized carbons (Fsp3) is 0.385. The molecule has 0 aliphatic heterocycles. The van der Waals surface area contributed by atoms with Crippen LogP contribution in [0.3, 0.4) is 0 Å². The lowest BCUT2D eigenvalue weighted by Gasteiger charge is -2.02. The van der Waals surface area contributed by atoms with Crippen LogP contribution in [0.15, 0.2) is 27.1 Å². The highest BCUT2D eigenvalue weighted by atomic mass is 32.2. The average Bonchev–Trinajstić information content (AvgIpc) is 3.19. The Morgan fingerprint density at radius 3 is 2.81 bits per heavy atom. The van der Waals surface area contributed by atoms with E-state index >= 15 is 0 Å². The topological polar surface area (TPSA) is 80.5 Å². The summed E-state index contributed by atoms with van der Waals surface area (Å²) in [5.41, 5.74) is 0. The number of aromatic amines is 1. The predicted molar refractivity (Wildman–Crippen MR) is 82.4 cm³/mol. The van der Waals surface area contributed by atoms with Gasteiger partial charge in [-0.05, 0) is 18.4 Å². The first-order valence-corrected chi connectivity index (χ1v) is 8.35. The van der Waals surface area contributed by atoms with Crippen molar-refractivity contribution in [2.24, 2.45) is 0 Å². The fourth-order valence-corrected chi connectivity index (χ4v) is 3.08. The highest BCUT2D eigenvalue weighted by molar-refractivity contribution is 7.99. The van der Waals surface area contributed by atoms with Gasteiger partial charge in [0.25, 0.3) is 5.89 Å². The molecule has 0 aliphatic rings. The molecule has 0 spiro atoms. The summed E-state index contributed by atoms with van der Waals surface area (Å²) in [6, 6.07) is 3.92. The van der Waals surface area contributed by atoms with E-state index in [0.29, 0.717) is 22.9 Å². The molecule has 0 radical (unpaired) electrons. The second kappa shape index (κ2) is 5.98. The van der Waals surface area contributed by atoms with Crippen LogP contribution in [0, 0.1) is 0 Å². The smallest absolute Gasteiger partial charge is 0.257 e. The molecule has 0 saturated heterocycles. The Labute approximate surface area is 130 Å². The third-order valence-electron chi connectivity index (χ3n) is 2.83. The van der Waals surface area contributed by atoms with E-state index in [0.717, 1.165) is 10.7 Å². The van der Waals surface area contributed by atoms with Gasteiger partial charge in [0.15, 0.2) is 0 Å². The zero-order valence-electron chi connectivity index (χ0n) is 11.9. The predicted octanol–water partition coefficient (Wildman–Crippen LogP) is 3.89. The maximum Gasteiger partial charge on any atom is 0.257 e. The average molecular weight is 321 g/mol. The van der Waals surface area contributed by atoms with Gasteiger partial charge in [0.1, 0.15) is 5.82 Å². The molecule has 3 aromatic rings. The summed E-state index contributed by atoms with van der Waals surface area (Å²) in [6.45, 7) is 6.15. The lowest BCUT2D eigenvalue weighted by molar-refractivity contribution is 0.510. The lowest BCUT2D eigenvalue weighted by atomic mass is 10.2. The Kier molecular flexibility index (Phi) is 4.07. The van der Waals surface area contributed by atoms with Crippen LogP contribution >= 0.6 is 23.1 Å². The Hall–Kier alpha value is -1.67. The first-order valence-electron chi connectivity index (χ1n) is 6.59. The molecule has 3 aromatic heterocycles. The van der Waals surface area contributed by atoms with E-state index in [-0.39, 0.29) is 5.25 Å². The summed E-state index contributed by atoms with van der Waals surface area (Å²) in [6.07, 6.45) is 0. The van der Waals surface area contributed by atoms with E-state index in [1.54, 1.807) is 11.3 Å². The zero-order valence-corrected chi connectivity index (χ0v) is 13.5. The van der Waals surface area contributed by atoms with E-state index in [1.165, 1.54) is 11.8 Å². The van der Waals surface area contributed by atoms with E-state index in [4.69, 9.17) is 4.42 Å². The third kappa shape index (κ3) is 3.16. The van der Waals surface area contributed by atoms with Crippen molar-refractivity contribution in [3.8, 4) is 10.8 Å². The van der Waals surface area contributed by atoms with Crippen molar-refractivity contribution in [1.82, 2.24) is 25.4 Å². The number of nitrogens with zero attached hydrogens (tertiary/aromatic N) is 4. The monoisotopic (exact) mass is 321 g/mol. The van der Waals surface area contributed by atoms with Crippen LogP contribution in [-0.4, -0.2) is 25.4 Å². The van der Waals surface area contributed by atoms with E-state index in [9.17, 15) is 0 Å². The highest BCUT2D eigenvalue weighted by Gasteiger charge is 2.19. The van der Waals surface area contributed by atoms with Crippen molar-refractivity contribution in [2.75, 3.05) is 0 Å². The minimum atomic E-state index is 0.00187. The molecule has 3 rings (SSSR count). The normalized spacial score (nSPS) is 13.0. The van der Waals surface area contributed by atoms with Gasteiger partial charge in [0, 0.05) is 5.92 Å². The van der Waals surface area contributed by atoms with Crippen molar-refractivity contribution in [1.29, 1.82) is 0 Å². The van der Waals surface area contributed by atoms with Crippen LogP contribution < -0.4 is 0 Å². The number of nitrogens with one attached hydrogen (secondary N) is 1. The minimum absolute atomic E-state index is 0.00187. The summed E-state index contributed by atoms with van der Waals surface area (Å²) in [4.78, 5) is 5.42. The van der Waals surface area contributed by atoms with Gasteiger partial charge in [0.05, 0.1) is 10.1 Å². The van der Waals surface area contributed by atoms with Gasteiger partial charge in [-0.1, -0.05) is 31.7 Å². The molecule has 0 aliphatic carbocycles. The molecule has 0 saturated carbocycles. The Morgan fingerprint density at radius 1 is 1.29 bits per heavy atom. The molecule has 110 valence electrons. The molecule has 0 amide bonds. The van der Waals surface area contributed by atoms with Crippen molar-refractivity contribution < 1.29 is 4.42 Å². The van der Waals surface area contributed by atoms with Crippen LogP contribution in [-0.2, 0) is 0 Å². The second-order valence-electron chi connectivity index (χ2n) is 4.84. The first kappa shape index (κ1) is 14.3. The number of thioether (sulfide) groups is 1. The maximum absolute atomic E-state index is 5.72. The molecular formula is C13H15N5OS2. The number of hydrogen-bond donors (Lipinski definition) is 1. The van der Waals surface area contributed by atoms with Gasteiger partial charge in [-0.15, -0.1) is 26.6 Å². The summed E-state index contributed by atoms with van der Waals surface area (Å²) < 4.78 is 5.72. The third-order valence-corrected chi connectivity index (χ3v) is 4.64. The first-order chi connectivity index (χ1) is 10.1. The molecule has 8 heteroatoms. The SMILES string of the molecule is CC(C)c1nc(S[C@H](C)c2nnc(-c3cccs3)o2)n[nH]1. The Morgan fingerprint density at radius 2 is 2.14 bits per heavy atom. The molecule has 0 fully saturated rings. The molecule has 1 atom stereocenters. The molecule has 1 N–H and O–H groups in total. The fourth-order valence-electron chi connectivity index (χ4n) is 1.68. The van der Waals surface area contributed by atoms with Gasteiger partial charge in [0.2, 0.25) is 11.0 Å². The van der Waals surface area contributed by atoms with Gasteiger partial charge in [-0.3, -0.25) is 5.10 Å². The molecule has 6 nitrogen and oxygen atoms in total. The number of thiophene rings is 1. The summed E-state index contributed by atoms with van der Waals surface area (Å²) in [7, 11) is 0. The van der Waals surface area contributed by atoms with Crippen molar-refractivity contribution in [2.45, 2.75) is 37.1 Å². The number of H-pyrrole nitrogens is 1. The lowest BCUT2D eigenvalue weighted by Crippen LogP contribution is -1.91. The van der Waals surface area contributed by atoms with Crippen LogP contribution in [0.4, 0.5) is 0 Å². The second-order valence-corrected chi connectivity index (χ2v) is 7.10. The van der Waals surface area contributed by atoms with E-state index < -0.39 is 0 Å². The number of hydrogen-bond acceptors (Lipinski definition) is 7. The van der Waals surface area contributed by atoms with Crippen LogP contribution in [0.2, 0.25) is 0 Å². The van der Waals surface area contributed by atoms with E-state index in [1.807, 2.05) is 24.4 Å². The summed E-state index contributed by atoms with van der Waals surface area (Å²) >= 11 is 3.08. The van der Waals surface area contributed by atoms with E-state index in [2.05, 4.69) is 39.2 Å². The maximum atomic E-state index is 5.72. The number of aromatic nitrogens is 5. The number of rotatable bonds is 5. The zero-order chi connectivity index (χ0) is 14.8. The van der Waals surface area contributed by atoms with Gasteiger partial charge >= 0.3 is 0 Å². The molecule has 3 heterocycles. The largest absolute Gasteiger partial charge is 0.419 e. The molecule has 0 bridgehead atoms. The van der Waals surface area contributed by atoms with Crippen molar-refractivity contribution >= 4 is 23.1 Å². The summed E-state index contributed by atoms with van der Waals surface area (Å²) in [5.74, 6) is 2.36. The molecule has 0 unspecified atom stereocenters. The molecular weight excluding hydrogens is 306 g/mol. The van der Waals surface area contributed by atoms with Gasteiger partial charge in [-0.25, -0.2) is 4.98 Å². The van der Waals surface area contributed by atoms with Crippen LogP contribution in [0.5, 0.6) is 0 Å². The van der Waals surface area contributed by atoms with Gasteiger partial charge < -0.3 is 4.42 Å². The highest BCUT2D eigenvalue weighted by Crippen LogP contribution is 2.34. The Bertz CT molecular complexity index is 704. The standard InChI is InChI=1S/C13H15N5OS2/c1-7(2)10-14-13(18-15-10)21-8(3)11-16-17-12(19-11)9-5-4-6-20-9/h4-8H,1-3H3,(H,14,15,18)/t8-/m1/s1. The van der Waals surface area contributed by atoms with Gasteiger partial charge in [-0.2, -0.15) is 0 Å². The quantitative estimate of drug-likeness (QED) is 0.718. The van der Waals surface area contributed by atoms with Crippen LogP contribution in [0.1, 0.15) is 43.7 Å².